The molecule has 0 aliphatic carbocycles. The Morgan fingerprint density at radius 3 is 2.54 bits per heavy atom. The number of nitrogens with one attached hydrogen (secondary N) is 2. The summed E-state index contributed by atoms with van der Waals surface area (Å²) in [5.74, 6) is -0.343. The molecule has 3 amide bonds. The maximum absolute atomic E-state index is 11.9. The van der Waals surface area contributed by atoms with Gasteiger partial charge in [-0.15, -0.1) is 0 Å². The number of hydrogen-bond acceptors (Lipinski definition) is 5. The highest BCUT2D eigenvalue weighted by Gasteiger charge is 2.29. The van der Waals surface area contributed by atoms with Gasteiger partial charge in [0.25, 0.3) is 0 Å². The first-order chi connectivity index (χ1) is 11.0. The van der Waals surface area contributed by atoms with E-state index in [1.165, 1.54) is 5.57 Å². The van der Waals surface area contributed by atoms with Gasteiger partial charge in [0, 0.05) is 19.1 Å². The smallest absolute Gasteiger partial charge is 0.321 e. The van der Waals surface area contributed by atoms with Crippen LogP contribution in [0.4, 0.5) is 4.79 Å². The molecule has 0 saturated carbocycles. The number of carbonyl (C=O) groups excluding carboxylic acids is 2. The van der Waals surface area contributed by atoms with Crippen LogP contribution in [-0.2, 0) is 14.6 Å². The summed E-state index contributed by atoms with van der Waals surface area (Å²) in [6.07, 6.45) is 3.47. The Hall–Kier alpha value is -1.41. The summed E-state index contributed by atoms with van der Waals surface area (Å²) in [7, 11) is -3.05. The predicted molar refractivity (Wildman–Crippen MR) is 92.3 cm³/mol. The van der Waals surface area contributed by atoms with Gasteiger partial charge < -0.3 is 5.32 Å². The number of amides is 3. The van der Waals surface area contributed by atoms with Gasteiger partial charge in [0.05, 0.1) is 18.1 Å². The first kappa shape index (κ1) is 18.9. The van der Waals surface area contributed by atoms with E-state index < -0.39 is 21.9 Å². The van der Waals surface area contributed by atoms with Crippen molar-refractivity contribution >= 4 is 21.8 Å². The van der Waals surface area contributed by atoms with E-state index in [1.807, 2.05) is 4.90 Å². The average Bonchev–Trinajstić information content (AvgIpc) is 2.77. The van der Waals surface area contributed by atoms with Crippen molar-refractivity contribution in [3.63, 3.8) is 0 Å². The van der Waals surface area contributed by atoms with Crippen LogP contribution in [0.15, 0.2) is 11.6 Å². The minimum absolute atomic E-state index is 0.0545. The number of sulfone groups is 1. The average molecular weight is 357 g/mol. The van der Waals surface area contributed by atoms with E-state index in [2.05, 4.69) is 37.5 Å². The molecule has 2 aliphatic heterocycles. The van der Waals surface area contributed by atoms with Crippen LogP contribution in [0.25, 0.3) is 0 Å². The SMILES string of the molecule is CC(C)(C)C1=CCN(CC(=O)NC(=O)NC2CCS(=O)(=O)C2)CC1. The topological polar surface area (TPSA) is 95.6 Å². The molecular formula is C16H27N3O4S. The highest BCUT2D eigenvalue weighted by molar-refractivity contribution is 7.91. The van der Waals surface area contributed by atoms with E-state index in [-0.39, 0.29) is 29.4 Å². The molecule has 1 unspecified atom stereocenters. The van der Waals surface area contributed by atoms with Crippen molar-refractivity contribution in [1.29, 1.82) is 0 Å². The largest absolute Gasteiger partial charge is 0.334 e. The lowest BCUT2D eigenvalue weighted by molar-refractivity contribution is -0.121. The van der Waals surface area contributed by atoms with Crippen LogP contribution < -0.4 is 10.6 Å². The number of carbonyl (C=O) groups is 2. The third-order valence-corrected chi connectivity index (χ3v) is 6.21. The van der Waals surface area contributed by atoms with Crippen molar-refractivity contribution in [2.75, 3.05) is 31.1 Å². The van der Waals surface area contributed by atoms with Gasteiger partial charge in [-0.2, -0.15) is 0 Å². The second-order valence-corrected chi connectivity index (χ2v) is 9.81. The predicted octanol–water partition coefficient (Wildman–Crippen LogP) is 0.678. The van der Waals surface area contributed by atoms with Gasteiger partial charge in [-0.25, -0.2) is 13.2 Å². The lowest BCUT2D eigenvalue weighted by Crippen LogP contribution is -2.48. The summed E-state index contributed by atoms with van der Waals surface area (Å²) in [5.41, 5.74) is 1.54. The normalized spacial score (nSPS) is 24.3. The van der Waals surface area contributed by atoms with Crippen LogP contribution in [0.1, 0.15) is 33.6 Å². The van der Waals surface area contributed by atoms with E-state index in [1.54, 1.807) is 0 Å². The van der Waals surface area contributed by atoms with Crippen LogP contribution in [0.2, 0.25) is 0 Å². The minimum atomic E-state index is -3.05. The molecule has 1 atom stereocenters. The molecule has 0 aromatic heterocycles. The Morgan fingerprint density at radius 2 is 2.04 bits per heavy atom. The molecule has 0 aromatic carbocycles. The number of rotatable bonds is 3. The summed E-state index contributed by atoms with van der Waals surface area (Å²) in [5, 5.41) is 4.83. The highest BCUT2D eigenvalue weighted by atomic mass is 32.2. The third kappa shape index (κ3) is 5.59. The van der Waals surface area contributed by atoms with Crippen molar-refractivity contribution in [2.45, 2.75) is 39.7 Å². The Labute approximate surface area is 143 Å². The first-order valence-electron chi connectivity index (χ1n) is 8.28. The zero-order valence-corrected chi connectivity index (χ0v) is 15.4. The van der Waals surface area contributed by atoms with Gasteiger partial charge in [0.15, 0.2) is 9.84 Å². The molecule has 0 radical (unpaired) electrons. The van der Waals surface area contributed by atoms with Crippen LogP contribution in [0, 0.1) is 5.41 Å². The maximum atomic E-state index is 11.9. The Kier molecular flexibility index (Phi) is 5.70. The van der Waals surface area contributed by atoms with Crippen molar-refractivity contribution < 1.29 is 18.0 Å². The summed E-state index contributed by atoms with van der Waals surface area (Å²) >= 11 is 0. The molecule has 0 aromatic rings. The number of urea groups is 1. The maximum Gasteiger partial charge on any atom is 0.321 e. The highest BCUT2D eigenvalue weighted by Crippen LogP contribution is 2.29. The molecule has 2 N–H and O–H groups in total. The van der Waals surface area contributed by atoms with Crippen LogP contribution in [0.5, 0.6) is 0 Å². The molecule has 1 fully saturated rings. The zero-order valence-electron chi connectivity index (χ0n) is 14.6. The van der Waals surface area contributed by atoms with E-state index in [0.717, 1.165) is 13.0 Å². The molecule has 0 bridgehead atoms. The van der Waals surface area contributed by atoms with Crippen molar-refractivity contribution in [1.82, 2.24) is 15.5 Å². The molecule has 24 heavy (non-hydrogen) atoms. The van der Waals surface area contributed by atoms with E-state index in [4.69, 9.17) is 0 Å². The lowest BCUT2D eigenvalue weighted by atomic mass is 9.83. The van der Waals surface area contributed by atoms with Crippen molar-refractivity contribution in [3.05, 3.63) is 11.6 Å². The molecule has 8 heteroatoms. The van der Waals surface area contributed by atoms with Gasteiger partial charge >= 0.3 is 6.03 Å². The second kappa shape index (κ2) is 7.23. The van der Waals surface area contributed by atoms with Crippen molar-refractivity contribution in [3.8, 4) is 0 Å². The van der Waals surface area contributed by atoms with Gasteiger partial charge in [-0.3, -0.25) is 15.0 Å². The Bertz CT molecular complexity index is 634. The van der Waals surface area contributed by atoms with E-state index >= 15 is 0 Å². The standard InChI is InChI=1S/C16H27N3O4S/c1-16(2,3)12-4-7-19(8-5-12)10-14(20)18-15(21)17-13-6-9-24(22,23)11-13/h4,13H,5-11H2,1-3H3,(H2,17,18,20,21). The molecule has 2 heterocycles. The zero-order chi connectivity index (χ0) is 18.0. The molecule has 2 aliphatic rings. The third-order valence-electron chi connectivity index (χ3n) is 4.44. The van der Waals surface area contributed by atoms with Crippen LogP contribution >= 0.6 is 0 Å². The van der Waals surface area contributed by atoms with Crippen molar-refractivity contribution in [2.24, 2.45) is 5.41 Å². The fraction of sp³-hybridized carbons (Fsp3) is 0.750. The lowest BCUT2D eigenvalue weighted by Gasteiger charge is -2.31. The molecule has 0 spiro atoms. The molecule has 136 valence electrons. The molecule has 1 saturated heterocycles. The van der Waals surface area contributed by atoms with Gasteiger partial charge in [0.2, 0.25) is 5.91 Å². The van der Waals surface area contributed by atoms with Gasteiger partial charge in [-0.1, -0.05) is 32.4 Å². The monoisotopic (exact) mass is 357 g/mol. The number of hydrogen-bond donors (Lipinski definition) is 2. The number of nitrogens with zero attached hydrogens (tertiary/aromatic N) is 1. The quantitative estimate of drug-likeness (QED) is 0.724. The minimum Gasteiger partial charge on any atom is -0.334 e. The Balaban J connectivity index is 1.74. The Morgan fingerprint density at radius 1 is 1.33 bits per heavy atom. The summed E-state index contributed by atoms with van der Waals surface area (Å²) < 4.78 is 22.7. The fourth-order valence-electron chi connectivity index (χ4n) is 3.04. The van der Waals surface area contributed by atoms with E-state index in [9.17, 15) is 18.0 Å². The fourth-order valence-corrected chi connectivity index (χ4v) is 4.71. The van der Waals surface area contributed by atoms with Crippen LogP contribution in [0.3, 0.4) is 0 Å². The molecular weight excluding hydrogens is 330 g/mol. The van der Waals surface area contributed by atoms with Gasteiger partial charge in [-0.05, 0) is 18.3 Å². The molecule has 7 nitrogen and oxygen atoms in total. The number of imide groups is 1. The van der Waals surface area contributed by atoms with Gasteiger partial charge in [0.1, 0.15) is 0 Å². The summed E-state index contributed by atoms with van der Waals surface area (Å²) in [4.78, 5) is 25.7. The summed E-state index contributed by atoms with van der Waals surface area (Å²) in [6.45, 7) is 8.17. The van der Waals surface area contributed by atoms with E-state index in [0.29, 0.717) is 13.0 Å². The second-order valence-electron chi connectivity index (χ2n) is 7.59. The molecule has 2 rings (SSSR count). The van der Waals surface area contributed by atoms with Crippen LogP contribution in [-0.4, -0.2) is 62.4 Å². The first-order valence-corrected chi connectivity index (χ1v) is 10.1. The summed E-state index contributed by atoms with van der Waals surface area (Å²) in [6, 6.07) is -1.03.